The third-order valence-corrected chi connectivity index (χ3v) is 22.3. The summed E-state index contributed by atoms with van der Waals surface area (Å²) < 4.78 is 61.5. The van der Waals surface area contributed by atoms with Crippen molar-refractivity contribution >= 4 is 33.6 Å². The number of ether oxygens (including phenoxy) is 3. The van der Waals surface area contributed by atoms with Gasteiger partial charge in [-0.2, -0.15) is 0 Å². The van der Waals surface area contributed by atoms with Crippen molar-refractivity contribution in [2.24, 2.45) is 0 Å². The summed E-state index contributed by atoms with van der Waals surface area (Å²) in [5.74, 6) is -1.58. The van der Waals surface area contributed by atoms with Crippen LogP contribution in [-0.4, -0.2) is 95.9 Å². The minimum absolute atomic E-state index is 0.0876. The number of hydrogen-bond donors (Lipinski definition) is 4. The Hall–Kier alpha value is -5.09. The van der Waals surface area contributed by atoms with Crippen LogP contribution in [0.5, 0.6) is 0 Å². The largest absolute Gasteiger partial charge is 0.472 e. The molecule has 0 fully saturated rings. The fraction of sp³-hybridized carbons (Fsp3) is 0.699. The molecule has 0 radical (unpaired) electrons. The maximum Gasteiger partial charge on any atom is 0.472 e. The van der Waals surface area contributed by atoms with Gasteiger partial charge in [-0.3, -0.25) is 32.5 Å². The summed E-state index contributed by atoms with van der Waals surface area (Å²) in [6.07, 6.45) is 123. The molecule has 0 aromatic carbocycles. The van der Waals surface area contributed by atoms with Crippen molar-refractivity contribution in [3.63, 3.8) is 0 Å². The van der Waals surface area contributed by atoms with Gasteiger partial charge in [0.25, 0.3) is 0 Å². The summed E-state index contributed by atoms with van der Waals surface area (Å²) in [5.41, 5.74) is 0. The average molecular weight is 1730 g/mol. The van der Waals surface area contributed by atoms with E-state index in [-0.39, 0.29) is 19.3 Å². The van der Waals surface area contributed by atoms with Gasteiger partial charge in [-0.25, -0.2) is 9.13 Å². The molecule has 0 heterocycles. The van der Waals surface area contributed by atoms with Crippen LogP contribution in [-0.2, 0) is 55.8 Å². The highest BCUT2D eigenvalue weighted by molar-refractivity contribution is 7.47. The Morgan fingerprint density at radius 1 is 0.240 bits per heavy atom. The van der Waals surface area contributed by atoms with Gasteiger partial charge in [0.05, 0.1) is 26.4 Å². The Morgan fingerprint density at radius 2 is 0.438 bits per heavy atom. The van der Waals surface area contributed by atoms with Gasteiger partial charge in [0.1, 0.15) is 25.4 Å². The molecule has 694 valence electrons. The zero-order valence-electron chi connectivity index (χ0n) is 76.6. The minimum Gasteiger partial charge on any atom is -0.463 e. The lowest BCUT2D eigenvalue weighted by Crippen LogP contribution is -2.30. The van der Waals surface area contributed by atoms with E-state index in [1.54, 1.807) is 0 Å². The average Bonchev–Trinajstić information content (AvgIpc) is 0.890. The molecular weight excluding hydrogens is 1560 g/mol. The van der Waals surface area contributed by atoms with E-state index in [1.807, 2.05) is 0 Å². The van der Waals surface area contributed by atoms with Crippen molar-refractivity contribution in [1.29, 1.82) is 0 Å². The first-order chi connectivity index (χ1) is 59.2. The van der Waals surface area contributed by atoms with Crippen molar-refractivity contribution in [3.05, 3.63) is 170 Å². The molecule has 0 rings (SSSR count). The highest BCUT2D eigenvalue weighted by Gasteiger charge is 2.30. The normalized spacial score (nSPS) is 14.5. The maximum absolute atomic E-state index is 13.0. The summed E-state index contributed by atoms with van der Waals surface area (Å²) in [5, 5.41) is 20.7. The number of carbonyl (C=O) groups excluding carboxylic acids is 3. The zero-order valence-corrected chi connectivity index (χ0v) is 78.4. The van der Waals surface area contributed by atoms with Gasteiger partial charge < -0.3 is 34.2 Å². The van der Waals surface area contributed by atoms with Crippen molar-refractivity contribution in [2.75, 3.05) is 39.6 Å². The Balaban J connectivity index is 4.42. The third kappa shape index (κ3) is 95.4. The molecule has 0 saturated carbocycles. The summed E-state index contributed by atoms with van der Waals surface area (Å²) in [6, 6.07) is 0. The number of phosphoric ester groups is 2. The Bertz CT molecular complexity index is 2880. The van der Waals surface area contributed by atoms with Gasteiger partial charge >= 0.3 is 33.6 Å². The predicted octanol–water partition coefficient (Wildman–Crippen LogP) is 30.2. The molecule has 0 amide bonds. The van der Waals surface area contributed by atoms with E-state index in [2.05, 4.69) is 191 Å². The lowest BCUT2D eigenvalue weighted by molar-refractivity contribution is -0.161. The van der Waals surface area contributed by atoms with Crippen LogP contribution in [0, 0.1) is 0 Å². The van der Waals surface area contributed by atoms with E-state index >= 15 is 0 Å². The summed E-state index contributed by atoms with van der Waals surface area (Å²) >= 11 is 0. The SMILES string of the molecule is CC/C=C\C/C=C\C/C=C\C/C=C\C/C=C\C/C=C\CCCCCCCCCCCCCCCCCCC(=O)OCC(O)COP(=O)(O)OCC(O)COP(=O)(O)OCC(COC(=O)CCCCCCCCCCCCCCCCCC/C=C\C/C=C\C/C=C\C/C=C\C/C=C\C/C=C\CC)OC(=O)CCCCCCC/C=C\C/C=C\CCCCC. The predicted molar refractivity (Wildman–Crippen MR) is 509 cm³/mol. The molecule has 0 aliphatic rings. The Labute approximate surface area is 739 Å². The second-order valence-corrected chi connectivity index (χ2v) is 35.0. The van der Waals surface area contributed by atoms with Crippen LogP contribution in [0.3, 0.4) is 0 Å². The molecule has 16 nitrogen and oxygen atoms in total. The van der Waals surface area contributed by atoms with Gasteiger partial charge in [0.2, 0.25) is 0 Å². The van der Waals surface area contributed by atoms with Crippen LogP contribution in [0.15, 0.2) is 170 Å². The minimum atomic E-state index is -4.94. The van der Waals surface area contributed by atoms with E-state index in [9.17, 15) is 43.5 Å². The summed E-state index contributed by atoms with van der Waals surface area (Å²) in [6.45, 7) is 2.46. The van der Waals surface area contributed by atoms with E-state index < -0.39 is 91.5 Å². The molecule has 0 bridgehead atoms. The van der Waals surface area contributed by atoms with E-state index in [1.165, 1.54) is 186 Å². The lowest BCUT2D eigenvalue weighted by atomic mass is 10.0. The van der Waals surface area contributed by atoms with Crippen molar-refractivity contribution in [3.8, 4) is 0 Å². The topological polar surface area (TPSA) is 231 Å². The van der Waals surface area contributed by atoms with Gasteiger partial charge in [0.15, 0.2) is 6.10 Å². The molecule has 0 aliphatic carbocycles. The molecule has 0 aliphatic heterocycles. The molecule has 0 aromatic heterocycles. The third-order valence-electron chi connectivity index (χ3n) is 20.4. The van der Waals surface area contributed by atoms with Crippen molar-refractivity contribution in [1.82, 2.24) is 0 Å². The number of aliphatic hydroxyl groups excluding tert-OH is 2. The number of aliphatic hydroxyl groups is 2. The fourth-order valence-corrected chi connectivity index (χ4v) is 14.7. The van der Waals surface area contributed by atoms with Gasteiger partial charge in [-0.05, 0) is 154 Å². The van der Waals surface area contributed by atoms with E-state index in [0.717, 1.165) is 161 Å². The quantitative estimate of drug-likeness (QED) is 0.0146. The molecule has 0 aromatic rings. The Kier molecular flexibility index (Phi) is 90.1. The van der Waals surface area contributed by atoms with Crippen LogP contribution in [0.2, 0.25) is 0 Å². The van der Waals surface area contributed by atoms with Gasteiger partial charge in [-0.15, -0.1) is 0 Å². The second kappa shape index (κ2) is 94.1. The van der Waals surface area contributed by atoms with E-state index in [4.69, 9.17) is 32.3 Å². The zero-order chi connectivity index (χ0) is 87.9. The molecular formula is C103H176O16P2. The smallest absolute Gasteiger partial charge is 0.463 e. The maximum atomic E-state index is 13.0. The lowest BCUT2D eigenvalue weighted by Gasteiger charge is -2.21. The van der Waals surface area contributed by atoms with Gasteiger partial charge in [-0.1, -0.05) is 403 Å². The standard InChI is InChI=1S/C103H176O16P2/c1-4-7-10-13-16-19-22-25-28-30-32-34-36-38-40-42-44-46-48-50-52-54-56-58-60-62-64-66-69-71-74-77-80-83-86-89-101(106)113-92-98(104)93-115-120(109,110)116-94-99(105)95-117-121(111,112)118-97-100(119-103(108)91-88-85-82-79-76-73-68-27-24-21-18-15-12-9-6-3)96-114-102(107)90-87-84-81-78-75-72-70-67-65-63-61-59-57-55-53-51-49-47-45-43-41-39-37-35-33-31-29-26-23-20-17-14-11-8-5-2/h7-8,10-11,16-21,25-29,32-35,38-41,44-47,68,98-100,104-105H,4-6,9,12-15,22-24,30-31,36-37,42-43,48-67,69-97H2,1-3H3,(H,109,110)(H,111,112)/b10-7-,11-8-,19-16-,20-17-,21-18-,28-25-,29-26-,34-32-,35-33-,40-38-,41-39-,46-44-,47-45-,68-27-. The molecule has 121 heavy (non-hydrogen) atoms. The van der Waals surface area contributed by atoms with Crippen LogP contribution in [0.25, 0.3) is 0 Å². The number of esters is 3. The number of hydrogen-bond acceptors (Lipinski definition) is 14. The molecule has 5 atom stereocenters. The molecule has 0 saturated heterocycles. The number of carbonyl (C=O) groups is 3. The van der Waals surface area contributed by atoms with Crippen LogP contribution < -0.4 is 0 Å². The van der Waals surface area contributed by atoms with Crippen LogP contribution >= 0.6 is 15.6 Å². The summed E-state index contributed by atoms with van der Waals surface area (Å²) in [7, 11) is -9.81. The number of unbranched alkanes of at least 4 members (excludes halogenated alkanes) is 40. The van der Waals surface area contributed by atoms with E-state index in [0.29, 0.717) is 19.3 Å². The number of phosphoric acid groups is 2. The van der Waals surface area contributed by atoms with Crippen molar-refractivity contribution < 1.29 is 75.8 Å². The molecule has 5 unspecified atom stereocenters. The van der Waals surface area contributed by atoms with Crippen LogP contribution in [0.1, 0.15) is 406 Å². The number of rotatable bonds is 91. The first-order valence-electron chi connectivity index (χ1n) is 48.4. The van der Waals surface area contributed by atoms with Gasteiger partial charge in [0, 0.05) is 19.3 Å². The molecule has 0 spiro atoms. The monoisotopic (exact) mass is 1730 g/mol. The first kappa shape index (κ1) is 116. The second-order valence-electron chi connectivity index (χ2n) is 32.1. The molecule has 4 N–H and O–H groups in total. The fourth-order valence-electron chi connectivity index (χ4n) is 13.1. The summed E-state index contributed by atoms with van der Waals surface area (Å²) in [4.78, 5) is 59.0. The Morgan fingerprint density at radius 3 is 0.694 bits per heavy atom. The number of allylic oxidation sites excluding steroid dienone is 28. The highest BCUT2D eigenvalue weighted by Crippen LogP contribution is 2.45. The highest BCUT2D eigenvalue weighted by atomic mass is 31.2. The van der Waals surface area contributed by atoms with Crippen molar-refractivity contribution in [2.45, 2.75) is 424 Å². The molecule has 18 heteroatoms. The first-order valence-corrected chi connectivity index (χ1v) is 51.4. The van der Waals surface area contributed by atoms with Crippen LogP contribution in [0.4, 0.5) is 0 Å².